The minimum absolute atomic E-state index is 0. The van der Waals surface area contributed by atoms with Crippen molar-refractivity contribution in [1.82, 2.24) is 10.6 Å². The van der Waals surface area contributed by atoms with Crippen LogP contribution >= 0.6 is 24.0 Å². The number of ether oxygens (including phenoxy) is 1. The van der Waals surface area contributed by atoms with Gasteiger partial charge in [-0.1, -0.05) is 6.07 Å². The van der Waals surface area contributed by atoms with Crippen molar-refractivity contribution in [3.8, 4) is 0 Å². The average molecular weight is 501 g/mol. The van der Waals surface area contributed by atoms with Gasteiger partial charge in [0.25, 0.3) is 0 Å². The number of halogens is 2. The Kier molecular flexibility index (Phi) is 9.77. The summed E-state index contributed by atoms with van der Waals surface area (Å²) < 4.78 is 24.0. The number of aryl methyl sites for hydroxylation is 1. The lowest BCUT2D eigenvalue weighted by Gasteiger charge is -2.14. The first kappa shape index (κ1) is 22.7. The number of guanidine groups is 1. The van der Waals surface area contributed by atoms with Crippen molar-refractivity contribution in [3.63, 3.8) is 0 Å². The second-order valence-electron chi connectivity index (χ2n) is 6.92. The molecule has 2 heterocycles. The minimum Gasteiger partial charge on any atom is -0.469 e. The quantitative estimate of drug-likeness (QED) is 0.329. The maximum Gasteiger partial charge on any atom is 0.191 e. The number of hydrogen-bond donors (Lipinski definition) is 2. The van der Waals surface area contributed by atoms with Gasteiger partial charge in [0.15, 0.2) is 5.96 Å². The molecule has 7 heteroatoms. The molecule has 1 saturated heterocycles. The summed E-state index contributed by atoms with van der Waals surface area (Å²) in [5.74, 6) is 2.05. The van der Waals surface area contributed by atoms with Crippen LogP contribution in [0.2, 0.25) is 0 Å². The van der Waals surface area contributed by atoms with E-state index < -0.39 is 0 Å². The third kappa shape index (κ3) is 7.43. The molecule has 1 atom stereocenters. The van der Waals surface area contributed by atoms with Crippen LogP contribution in [0.4, 0.5) is 4.39 Å². The molecule has 0 aliphatic carbocycles. The fraction of sp³-hybridized carbons (Fsp3) is 0.476. The maximum atomic E-state index is 13.2. The molecular weight excluding hydrogens is 472 g/mol. The molecule has 0 radical (unpaired) electrons. The first-order valence-corrected chi connectivity index (χ1v) is 9.58. The number of furan rings is 1. The second kappa shape index (κ2) is 12.1. The number of nitrogens with zero attached hydrogens (tertiary/aromatic N) is 1. The Morgan fingerprint density at radius 1 is 1.21 bits per heavy atom. The van der Waals surface area contributed by atoms with Gasteiger partial charge < -0.3 is 19.8 Å². The van der Waals surface area contributed by atoms with Gasteiger partial charge in [0.2, 0.25) is 0 Å². The molecule has 1 aromatic carbocycles. The maximum absolute atomic E-state index is 13.2. The second-order valence-corrected chi connectivity index (χ2v) is 6.92. The first-order valence-electron chi connectivity index (χ1n) is 9.58. The van der Waals surface area contributed by atoms with Crippen molar-refractivity contribution in [2.75, 3.05) is 32.8 Å². The van der Waals surface area contributed by atoms with Crippen molar-refractivity contribution in [2.45, 2.75) is 26.2 Å². The fourth-order valence-corrected chi connectivity index (χ4v) is 3.14. The van der Waals surface area contributed by atoms with E-state index in [4.69, 9.17) is 14.1 Å². The van der Waals surface area contributed by atoms with Gasteiger partial charge in [-0.2, -0.15) is 0 Å². The molecule has 3 rings (SSSR count). The third-order valence-electron chi connectivity index (χ3n) is 4.77. The lowest BCUT2D eigenvalue weighted by atomic mass is 10.1. The summed E-state index contributed by atoms with van der Waals surface area (Å²) in [6.45, 7) is 5.80. The Labute approximate surface area is 183 Å². The van der Waals surface area contributed by atoms with Crippen LogP contribution in [-0.4, -0.2) is 38.8 Å². The molecule has 1 aromatic heterocycles. The number of rotatable bonds is 8. The van der Waals surface area contributed by atoms with Gasteiger partial charge in [-0.15, -0.1) is 24.0 Å². The lowest BCUT2D eigenvalue weighted by molar-refractivity contribution is 0.187. The summed E-state index contributed by atoms with van der Waals surface area (Å²) in [6, 6.07) is 8.81. The Morgan fingerprint density at radius 2 is 2.04 bits per heavy atom. The molecule has 0 spiro atoms. The predicted molar refractivity (Wildman–Crippen MR) is 120 cm³/mol. The first-order chi connectivity index (χ1) is 13.2. The highest BCUT2D eigenvalue weighted by Gasteiger charge is 2.15. The number of hydrogen-bond acceptors (Lipinski definition) is 3. The van der Waals surface area contributed by atoms with Crippen LogP contribution in [0.3, 0.4) is 0 Å². The zero-order valence-corrected chi connectivity index (χ0v) is 18.6. The summed E-state index contributed by atoms with van der Waals surface area (Å²) in [5, 5.41) is 6.76. The van der Waals surface area contributed by atoms with Gasteiger partial charge in [0.1, 0.15) is 11.6 Å². The van der Waals surface area contributed by atoms with E-state index in [2.05, 4.69) is 10.6 Å². The van der Waals surface area contributed by atoms with Crippen LogP contribution in [0, 0.1) is 18.7 Å². The highest BCUT2D eigenvalue weighted by molar-refractivity contribution is 14.0. The van der Waals surface area contributed by atoms with Crippen molar-refractivity contribution >= 4 is 29.9 Å². The van der Waals surface area contributed by atoms with Gasteiger partial charge in [-0.05, 0) is 55.2 Å². The summed E-state index contributed by atoms with van der Waals surface area (Å²) in [6.07, 6.45) is 4.38. The Balaban J connectivity index is 0.00000280. The molecule has 0 amide bonds. The van der Waals surface area contributed by atoms with Crippen LogP contribution < -0.4 is 10.6 Å². The Morgan fingerprint density at radius 3 is 2.71 bits per heavy atom. The highest BCUT2D eigenvalue weighted by atomic mass is 127. The smallest absolute Gasteiger partial charge is 0.191 e. The van der Waals surface area contributed by atoms with E-state index in [9.17, 15) is 4.39 Å². The van der Waals surface area contributed by atoms with Crippen LogP contribution in [-0.2, 0) is 17.6 Å². The van der Waals surface area contributed by atoms with E-state index in [0.29, 0.717) is 5.92 Å². The Bertz CT molecular complexity index is 731. The molecule has 154 valence electrons. The third-order valence-corrected chi connectivity index (χ3v) is 4.77. The van der Waals surface area contributed by atoms with Crippen LogP contribution in [0.5, 0.6) is 0 Å². The number of benzene rings is 1. The van der Waals surface area contributed by atoms with Crippen LogP contribution in [0.15, 0.2) is 46.0 Å². The zero-order chi connectivity index (χ0) is 18.9. The summed E-state index contributed by atoms with van der Waals surface area (Å²) in [7, 11) is 0. The van der Waals surface area contributed by atoms with Gasteiger partial charge in [-0.25, -0.2) is 4.39 Å². The van der Waals surface area contributed by atoms with E-state index in [1.807, 2.05) is 25.1 Å². The van der Waals surface area contributed by atoms with Gasteiger partial charge in [0.05, 0.1) is 12.9 Å². The van der Waals surface area contributed by atoms with Crippen molar-refractivity contribution < 1.29 is 13.5 Å². The van der Waals surface area contributed by atoms with Crippen molar-refractivity contribution in [2.24, 2.45) is 10.9 Å². The molecule has 5 nitrogen and oxygen atoms in total. The Hall–Kier alpha value is -1.61. The summed E-state index contributed by atoms with van der Waals surface area (Å²) >= 11 is 0. The molecule has 1 aliphatic heterocycles. The van der Waals surface area contributed by atoms with Gasteiger partial charge in [-0.3, -0.25) is 4.99 Å². The van der Waals surface area contributed by atoms with E-state index >= 15 is 0 Å². The molecular formula is C21H29FIN3O2. The van der Waals surface area contributed by atoms with E-state index in [1.54, 1.807) is 12.3 Å². The van der Waals surface area contributed by atoms with E-state index in [1.165, 1.54) is 6.07 Å². The molecule has 1 unspecified atom stereocenters. The highest BCUT2D eigenvalue weighted by Crippen LogP contribution is 2.12. The average Bonchev–Trinajstić information content (AvgIpc) is 3.34. The number of aliphatic imine (C=N–C) groups is 1. The van der Waals surface area contributed by atoms with Crippen molar-refractivity contribution in [1.29, 1.82) is 0 Å². The topological polar surface area (TPSA) is 58.8 Å². The normalized spacial score (nSPS) is 16.6. The monoisotopic (exact) mass is 501 g/mol. The fourth-order valence-electron chi connectivity index (χ4n) is 3.14. The van der Waals surface area contributed by atoms with Gasteiger partial charge >= 0.3 is 0 Å². The minimum atomic E-state index is -0.190. The molecule has 2 N–H and O–H groups in total. The van der Waals surface area contributed by atoms with E-state index in [0.717, 1.165) is 75.0 Å². The van der Waals surface area contributed by atoms with E-state index in [-0.39, 0.29) is 29.8 Å². The molecule has 0 bridgehead atoms. The standard InChI is InChI=1S/C21H28FN3O2.HI/c1-16-13-19(22)5-4-18(16)6-9-23-21(25-14-17-8-12-26-15-17)24-10-7-20-3-2-11-27-20;/h2-5,11,13,17H,6-10,12,14-15H2,1H3,(H2,23,24,25);1H. The van der Waals surface area contributed by atoms with Crippen LogP contribution in [0.1, 0.15) is 23.3 Å². The molecule has 1 aliphatic rings. The van der Waals surface area contributed by atoms with Gasteiger partial charge in [0, 0.05) is 38.6 Å². The number of nitrogens with one attached hydrogen (secondary N) is 2. The molecule has 1 fully saturated rings. The SMILES string of the molecule is Cc1cc(F)ccc1CCNC(=NCC1CCOC1)NCCc1ccco1.I. The zero-order valence-electron chi connectivity index (χ0n) is 16.2. The predicted octanol–water partition coefficient (Wildman–Crippen LogP) is 3.70. The summed E-state index contributed by atoms with van der Waals surface area (Å²) in [4.78, 5) is 4.72. The lowest BCUT2D eigenvalue weighted by Crippen LogP contribution is -2.39. The van der Waals surface area contributed by atoms with Crippen molar-refractivity contribution in [3.05, 3.63) is 59.3 Å². The summed E-state index contributed by atoms with van der Waals surface area (Å²) in [5.41, 5.74) is 2.12. The molecule has 0 saturated carbocycles. The molecule has 28 heavy (non-hydrogen) atoms. The largest absolute Gasteiger partial charge is 0.469 e. The van der Waals surface area contributed by atoms with Crippen LogP contribution in [0.25, 0.3) is 0 Å². The molecule has 2 aromatic rings.